The fraction of sp³-hybridized carbons (Fsp3) is 0.778. The van der Waals surface area contributed by atoms with E-state index in [1.165, 1.54) is 7.11 Å². The Balaban J connectivity index is 0. The fourth-order valence-electron chi connectivity index (χ4n) is 0.742. The van der Waals surface area contributed by atoms with Gasteiger partial charge in [0.1, 0.15) is 11.6 Å². The van der Waals surface area contributed by atoms with Crippen molar-refractivity contribution >= 4 is 24.5 Å². The second-order valence-electron chi connectivity index (χ2n) is 4.01. The quantitative estimate of drug-likeness (QED) is 0.713. The molecule has 0 aliphatic rings. The maximum atomic E-state index is 11.1. The molecule has 6 nitrogen and oxygen atoms in total. The molecule has 1 amide bonds. The Bertz CT molecular complexity index is 240. The van der Waals surface area contributed by atoms with Crippen molar-refractivity contribution in [3.63, 3.8) is 0 Å². The Morgan fingerprint density at radius 3 is 2.25 bits per heavy atom. The maximum absolute atomic E-state index is 11.1. The minimum absolute atomic E-state index is 0. The van der Waals surface area contributed by atoms with Crippen molar-refractivity contribution in [3.05, 3.63) is 0 Å². The SMILES string of the molecule is COC(=O)[C@@H](N)CNC(=O)OC(C)(C)C.Cl. The van der Waals surface area contributed by atoms with Gasteiger partial charge < -0.3 is 20.5 Å². The van der Waals surface area contributed by atoms with E-state index in [-0.39, 0.29) is 19.0 Å². The zero-order chi connectivity index (χ0) is 12.1. The number of carbonyl (C=O) groups is 2. The van der Waals surface area contributed by atoms with E-state index in [1.807, 2.05) is 0 Å². The standard InChI is InChI=1S/C9H18N2O4.ClH/c1-9(2,3)15-8(13)11-5-6(10)7(12)14-4;/h6H,5,10H2,1-4H3,(H,11,13);1H/t6-;/m0./s1. The van der Waals surface area contributed by atoms with Gasteiger partial charge in [-0.15, -0.1) is 12.4 Å². The Kier molecular flexibility index (Phi) is 7.93. The monoisotopic (exact) mass is 254 g/mol. The van der Waals surface area contributed by atoms with E-state index in [4.69, 9.17) is 10.5 Å². The maximum Gasteiger partial charge on any atom is 0.407 e. The molecular weight excluding hydrogens is 236 g/mol. The first-order valence-electron chi connectivity index (χ1n) is 4.56. The molecule has 0 aromatic rings. The Hall–Kier alpha value is -1.01. The molecule has 0 aliphatic heterocycles. The molecule has 16 heavy (non-hydrogen) atoms. The molecular formula is C9H19ClN2O4. The largest absolute Gasteiger partial charge is 0.468 e. The molecule has 0 heterocycles. The normalized spacial score (nSPS) is 12.1. The van der Waals surface area contributed by atoms with Crippen molar-refractivity contribution in [3.8, 4) is 0 Å². The van der Waals surface area contributed by atoms with Gasteiger partial charge in [-0.2, -0.15) is 0 Å². The van der Waals surface area contributed by atoms with Gasteiger partial charge in [-0.3, -0.25) is 4.79 Å². The molecule has 96 valence electrons. The van der Waals surface area contributed by atoms with Gasteiger partial charge in [0.2, 0.25) is 0 Å². The summed E-state index contributed by atoms with van der Waals surface area (Å²) in [5, 5.41) is 2.37. The van der Waals surface area contributed by atoms with Crippen LogP contribution >= 0.6 is 12.4 Å². The second-order valence-corrected chi connectivity index (χ2v) is 4.01. The lowest BCUT2D eigenvalue weighted by Crippen LogP contribution is -2.44. The predicted octanol–water partition coefficient (Wildman–Crippen LogP) is 0.433. The molecule has 0 aromatic carbocycles. The van der Waals surface area contributed by atoms with Crippen molar-refractivity contribution in [2.24, 2.45) is 5.73 Å². The number of hydrogen-bond donors (Lipinski definition) is 2. The number of ether oxygens (including phenoxy) is 2. The van der Waals surface area contributed by atoms with E-state index in [0.29, 0.717) is 0 Å². The van der Waals surface area contributed by atoms with E-state index >= 15 is 0 Å². The highest BCUT2D eigenvalue weighted by Gasteiger charge is 2.18. The zero-order valence-corrected chi connectivity index (χ0v) is 10.7. The van der Waals surface area contributed by atoms with Gasteiger partial charge in [0, 0.05) is 6.54 Å². The van der Waals surface area contributed by atoms with Crippen molar-refractivity contribution in [2.75, 3.05) is 13.7 Å². The van der Waals surface area contributed by atoms with Gasteiger partial charge in [0.15, 0.2) is 0 Å². The number of methoxy groups -OCH3 is 1. The molecule has 0 saturated carbocycles. The Labute approximate surface area is 101 Å². The molecule has 0 fully saturated rings. The number of halogens is 1. The van der Waals surface area contributed by atoms with Crippen LogP contribution in [0.4, 0.5) is 4.79 Å². The molecule has 7 heteroatoms. The van der Waals surface area contributed by atoms with Crippen LogP contribution in [0.3, 0.4) is 0 Å². The number of rotatable bonds is 3. The van der Waals surface area contributed by atoms with Crippen LogP contribution in [0.25, 0.3) is 0 Å². The summed E-state index contributed by atoms with van der Waals surface area (Å²) >= 11 is 0. The smallest absolute Gasteiger partial charge is 0.407 e. The minimum Gasteiger partial charge on any atom is -0.468 e. The molecule has 0 saturated heterocycles. The number of amides is 1. The topological polar surface area (TPSA) is 90.6 Å². The molecule has 0 aliphatic carbocycles. The van der Waals surface area contributed by atoms with Crippen molar-refractivity contribution < 1.29 is 19.1 Å². The summed E-state index contributed by atoms with van der Waals surface area (Å²) in [6, 6.07) is -0.873. The molecule has 0 spiro atoms. The molecule has 0 bridgehead atoms. The molecule has 3 N–H and O–H groups in total. The third kappa shape index (κ3) is 8.31. The second kappa shape index (κ2) is 7.29. The number of esters is 1. The van der Waals surface area contributed by atoms with Gasteiger partial charge in [-0.1, -0.05) is 0 Å². The number of hydrogen-bond acceptors (Lipinski definition) is 5. The fourth-order valence-corrected chi connectivity index (χ4v) is 0.742. The van der Waals surface area contributed by atoms with Gasteiger partial charge in [-0.25, -0.2) is 4.79 Å². The van der Waals surface area contributed by atoms with Crippen LogP contribution in [0.15, 0.2) is 0 Å². The molecule has 0 rings (SSSR count). The van der Waals surface area contributed by atoms with E-state index in [1.54, 1.807) is 20.8 Å². The van der Waals surface area contributed by atoms with E-state index in [9.17, 15) is 9.59 Å². The molecule has 0 radical (unpaired) electrons. The van der Waals surface area contributed by atoms with Crippen molar-refractivity contribution in [1.29, 1.82) is 0 Å². The first-order chi connectivity index (χ1) is 6.76. The third-order valence-electron chi connectivity index (χ3n) is 1.37. The average Bonchev–Trinajstić information content (AvgIpc) is 2.10. The van der Waals surface area contributed by atoms with Crippen molar-refractivity contribution in [1.82, 2.24) is 5.32 Å². The summed E-state index contributed by atoms with van der Waals surface area (Å²) in [5.74, 6) is -0.578. The zero-order valence-electron chi connectivity index (χ0n) is 9.90. The van der Waals surface area contributed by atoms with Crippen LogP contribution in [-0.4, -0.2) is 37.4 Å². The van der Waals surface area contributed by atoms with E-state index < -0.39 is 23.7 Å². The van der Waals surface area contributed by atoms with E-state index in [0.717, 1.165) is 0 Å². The van der Waals surface area contributed by atoms with Gasteiger partial charge in [0.25, 0.3) is 0 Å². The predicted molar refractivity (Wildman–Crippen MR) is 61.5 cm³/mol. The van der Waals surface area contributed by atoms with Crippen LogP contribution < -0.4 is 11.1 Å². The number of nitrogens with one attached hydrogen (secondary N) is 1. The van der Waals surface area contributed by atoms with Crippen LogP contribution in [0.1, 0.15) is 20.8 Å². The van der Waals surface area contributed by atoms with Crippen LogP contribution in [0.5, 0.6) is 0 Å². The van der Waals surface area contributed by atoms with Gasteiger partial charge in [-0.05, 0) is 20.8 Å². The average molecular weight is 255 g/mol. The van der Waals surface area contributed by atoms with Crippen LogP contribution in [0.2, 0.25) is 0 Å². The summed E-state index contributed by atoms with van der Waals surface area (Å²) in [6.45, 7) is 5.22. The highest BCUT2D eigenvalue weighted by Crippen LogP contribution is 2.06. The first-order valence-corrected chi connectivity index (χ1v) is 4.56. The summed E-state index contributed by atoms with van der Waals surface area (Å²) in [6.07, 6.45) is -0.609. The highest BCUT2D eigenvalue weighted by atomic mass is 35.5. The summed E-state index contributed by atoms with van der Waals surface area (Å²) in [5.41, 5.74) is 4.82. The van der Waals surface area contributed by atoms with Crippen molar-refractivity contribution in [2.45, 2.75) is 32.4 Å². The summed E-state index contributed by atoms with van der Waals surface area (Å²) in [7, 11) is 1.23. The van der Waals surface area contributed by atoms with Crippen LogP contribution in [0, 0.1) is 0 Å². The number of carbonyl (C=O) groups excluding carboxylic acids is 2. The number of nitrogens with two attached hydrogens (primary N) is 1. The molecule has 0 unspecified atom stereocenters. The van der Waals surface area contributed by atoms with Gasteiger partial charge >= 0.3 is 12.1 Å². The lowest BCUT2D eigenvalue weighted by molar-refractivity contribution is -0.141. The van der Waals surface area contributed by atoms with Crippen LogP contribution in [-0.2, 0) is 14.3 Å². The highest BCUT2D eigenvalue weighted by molar-refractivity contribution is 5.85. The number of alkyl carbamates (subject to hydrolysis) is 1. The summed E-state index contributed by atoms with van der Waals surface area (Å²) in [4.78, 5) is 22.0. The van der Waals surface area contributed by atoms with Gasteiger partial charge in [0.05, 0.1) is 7.11 Å². The lowest BCUT2D eigenvalue weighted by Gasteiger charge is -2.20. The third-order valence-corrected chi connectivity index (χ3v) is 1.37. The minimum atomic E-state index is -0.873. The first kappa shape index (κ1) is 17.4. The summed E-state index contributed by atoms with van der Waals surface area (Å²) < 4.78 is 9.33. The molecule has 1 atom stereocenters. The Morgan fingerprint density at radius 1 is 1.38 bits per heavy atom. The molecule has 0 aromatic heterocycles. The van der Waals surface area contributed by atoms with E-state index in [2.05, 4.69) is 10.1 Å². The lowest BCUT2D eigenvalue weighted by atomic mass is 10.2. The Morgan fingerprint density at radius 2 is 1.88 bits per heavy atom.